The summed E-state index contributed by atoms with van der Waals surface area (Å²) in [4.78, 5) is 0.453. The van der Waals surface area contributed by atoms with Crippen molar-refractivity contribution in [3.8, 4) is 5.75 Å². The largest absolute Gasteiger partial charge is 0.495 e. The third kappa shape index (κ3) is 4.80. The molecule has 0 aliphatic carbocycles. The first-order valence-corrected chi connectivity index (χ1v) is 10.7. The van der Waals surface area contributed by atoms with Gasteiger partial charge in [-0.15, -0.1) is 0 Å². The van der Waals surface area contributed by atoms with Crippen LogP contribution in [0, 0.1) is 0 Å². The number of sulfone groups is 1. The average Bonchev–Trinajstić information content (AvgIpc) is 2.73. The van der Waals surface area contributed by atoms with E-state index in [9.17, 15) is 8.42 Å². The van der Waals surface area contributed by atoms with Crippen molar-refractivity contribution in [1.82, 2.24) is 5.32 Å². The Morgan fingerprint density at radius 3 is 2.18 bits per heavy atom. The summed E-state index contributed by atoms with van der Waals surface area (Å²) in [5.74, 6) is 0.352. The van der Waals surface area contributed by atoms with Crippen molar-refractivity contribution in [2.24, 2.45) is 0 Å². The number of ether oxygens (including phenoxy) is 1. The molecule has 0 aliphatic rings. The van der Waals surface area contributed by atoms with E-state index in [2.05, 4.69) is 24.4 Å². The summed E-state index contributed by atoms with van der Waals surface area (Å²) in [5.41, 5.74) is 2.33. The SMILES string of the molecule is COc1ccccc1S(=O)(=O)c1ccc(CC(C)NCc2ccccc2)cc1. The molecule has 3 aromatic carbocycles. The smallest absolute Gasteiger partial charge is 0.210 e. The highest BCUT2D eigenvalue weighted by atomic mass is 32.2. The molecule has 0 fully saturated rings. The molecule has 4 nitrogen and oxygen atoms in total. The Morgan fingerprint density at radius 2 is 1.50 bits per heavy atom. The Balaban J connectivity index is 1.67. The van der Waals surface area contributed by atoms with E-state index in [1.165, 1.54) is 12.7 Å². The molecule has 0 amide bonds. The van der Waals surface area contributed by atoms with Gasteiger partial charge in [-0.3, -0.25) is 0 Å². The lowest BCUT2D eigenvalue weighted by Gasteiger charge is -2.14. The van der Waals surface area contributed by atoms with E-state index < -0.39 is 9.84 Å². The van der Waals surface area contributed by atoms with Gasteiger partial charge in [-0.1, -0.05) is 54.6 Å². The third-order valence-electron chi connectivity index (χ3n) is 4.63. The van der Waals surface area contributed by atoms with Crippen molar-refractivity contribution in [3.05, 3.63) is 90.0 Å². The van der Waals surface area contributed by atoms with Crippen LogP contribution >= 0.6 is 0 Å². The second kappa shape index (κ2) is 9.04. The minimum atomic E-state index is -3.61. The lowest BCUT2D eigenvalue weighted by atomic mass is 10.1. The van der Waals surface area contributed by atoms with Crippen molar-refractivity contribution in [2.75, 3.05) is 7.11 Å². The fourth-order valence-corrected chi connectivity index (χ4v) is 4.51. The van der Waals surface area contributed by atoms with Crippen molar-refractivity contribution in [1.29, 1.82) is 0 Å². The van der Waals surface area contributed by atoms with Crippen LogP contribution in [-0.2, 0) is 22.8 Å². The van der Waals surface area contributed by atoms with Gasteiger partial charge >= 0.3 is 0 Å². The van der Waals surface area contributed by atoms with Crippen molar-refractivity contribution < 1.29 is 13.2 Å². The van der Waals surface area contributed by atoms with E-state index in [0.717, 1.165) is 18.5 Å². The molecule has 0 spiro atoms. The highest BCUT2D eigenvalue weighted by Gasteiger charge is 2.21. The van der Waals surface area contributed by atoms with Crippen LogP contribution < -0.4 is 10.1 Å². The number of para-hydroxylation sites is 1. The highest BCUT2D eigenvalue weighted by molar-refractivity contribution is 7.91. The molecule has 3 aromatic rings. The molecule has 5 heteroatoms. The minimum absolute atomic E-state index is 0.183. The molecular formula is C23H25NO3S. The maximum Gasteiger partial charge on any atom is 0.210 e. The summed E-state index contributed by atoms with van der Waals surface area (Å²) >= 11 is 0. The number of rotatable bonds is 8. The predicted molar refractivity (Wildman–Crippen MR) is 111 cm³/mol. The zero-order chi connectivity index (χ0) is 20.0. The van der Waals surface area contributed by atoms with Crippen LogP contribution in [0.1, 0.15) is 18.1 Å². The molecule has 0 radical (unpaired) electrons. The van der Waals surface area contributed by atoms with E-state index in [1.54, 1.807) is 36.4 Å². The average molecular weight is 396 g/mol. The molecule has 0 saturated carbocycles. The molecule has 1 N–H and O–H groups in total. The van der Waals surface area contributed by atoms with Gasteiger partial charge in [-0.05, 0) is 48.7 Å². The van der Waals surface area contributed by atoms with Crippen LogP contribution in [-0.4, -0.2) is 21.6 Å². The minimum Gasteiger partial charge on any atom is -0.495 e. The van der Waals surface area contributed by atoms with Crippen molar-refractivity contribution in [3.63, 3.8) is 0 Å². The summed E-state index contributed by atoms with van der Waals surface area (Å²) in [7, 11) is -2.14. The van der Waals surface area contributed by atoms with Crippen molar-refractivity contribution >= 4 is 9.84 Å². The Hall–Kier alpha value is -2.63. The molecule has 146 valence electrons. The second-order valence-electron chi connectivity index (χ2n) is 6.77. The quantitative estimate of drug-likeness (QED) is 0.620. The van der Waals surface area contributed by atoms with Gasteiger partial charge in [-0.25, -0.2) is 8.42 Å². The van der Waals surface area contributed by atoms with Crippen LogP contribution in [0.25, 0.3) is 0 Å². The molecule has 1 unspecified atom stereocenters. The Bertz CT molecular complexity index is 1000. The van der Waals surface area contributed by atoms with Gasteiger partial charge in [0, 0.05) is 12.6 Å². The maximum atomic E-state index is 12.9. The topological polar surface area (TPSA) is 55.4 Å². The normalized spacial score (nSPS) is 12.5. The first kappa shape index (κ1) is 20.1. The zero-order valence-corrected chi connectivity index (χ0v) is 16.9. The maximum absolute atomic E-state index is 12.9. The Labute approximate surface area is 167 Å². The zero-order valence-electron chi connectivity index (χ0n) is 16.1. The highest BCUT2D eigenvalue weighted by Crippen LogP contribution is 2.29. The van der Waals surface area contributed by atoms with Crippen LogP contribution in [0.15, 0.2) is 88.7 Å². The fraction of sp³-hybridized carbons (Fsp3) is 0.217. The summed E-state index contributed by atoms with van der Waals surface area (Å²) in [6, 6.07) is 24.3. The van der Waals surface area contributed by atoms with Crippen LogP contribution in [0.4, 0.5) is 0 Å². The monoisotopic (exact) mass is 395 g/mol. The van der Waals surface area contributed by atoms with Gasteiger partial charge in [0.25, 0.3) is 0 Å². The van der Waals surface area contributed by atoms with Gasteiger partial charge in [0.1, 0.15) is 10.6 Å². The number of nitrogens with one attached hydrogen (secondary N) is 1. The number of hydrogen-bond donors (Lipinski definition) is 1. The van der Waals surface area contributed by atoms with E-state index in [0.29, 0.717) is 5.75 Å². The molecule has 3 rings (SSSR count). The number of benzene rings is 3. The molecule has 0 bridgehead atoms. The predicted octanol–water partition coefficient (Wildman–Crippen LogP) is 4.25. The standard InChI is InChI=1S/C23H25NO3S/c1-18(24-17-20-8-4-3-5-9-20)16-19-12-14-21(15-13-19)28(25,26)23-11-7-6-10-22(23)27-2/h3-15,18,24H,16-17H2,1-2H3. The number of methoxy groups -OCH3 is 1. The Morgan fingerprint density at radius 1 is 0.857 bits per heavy atom. The summed E-state index contributed by atoms with van der Waals surface area (Å²) < 4.78 is 31.0. The van der Waals surface area contributed by atoms with E-state index in [-0.39, 0.29) is 15.8 Å². The van der Waals surface area contributed by atoms with E-state index in [4.69, 9.17) is 4.74 Å². The van der Waals surface area contributed by atoms with Crippen LogP contribution in [0.3, 0.4) is 0 Å². The van der Waals surface area contributed by atoms with Gasteiger partial charge < -0.3 is 10.1 Å². The van der Waals surface area contributed by atoms with Crippen LogP contribution in [0.2, 0.25) is 0 Å². The molecule has 0 aromatic heterocycles. The first-order valence-electron chi connectivity index (χ1n) is 9.25. The van der Waals surface area contributed by atoms with E-state index >= 15 is 0 Å². The fourth-order valence-electron chi connectivity index (χ4n) is 3.09. The molecular weight excluding hydrogens is 370 g/mol. The molecule has 0 heterocycles. The van der Waals surface area contributed by atoms with Gasteiger partial charge in [0.2, 0.25) is 9.84 Å². The summed E-state index contributed by atoms with van der Waals surface area (Å²) in [6.07, 6.45) is 0.821. The third-order valence-corrected chi connectivity index (χ3v) is 6.44. The second-order valence-corrected chi connectivity index (χ2v) is 8.69. The summed E-state index contributed by atoms with van der Waals surface area (Å²) in [5, 5.41) is 3.50. The molecule has 0 aliphatic heterocycles. The van der Waals surface area contributed by atoms with Gasteiger partial charge in [-0.2, -0.15) is 0 Å². The molecule has 1 atom stereocenters. The van der Waals surface area contributed by atoms with Gasteiger partial charge in [0.15, 0.2) is 0 Å². The van der Waals surface area contributed by atoms with Crippen molar-refractivity contribution in [2.45, 2.75) is 35.7 Å². The van der Waals surface area contributed by atoms with E-state index in [1.807, 2.05) is 30.3 Å². The Kier molecular flexibility index (Phi) is 6.49. The summed E-state index contributed by atoms with van der Waals surface area (Å²) in [6.45, 7) is 2.94. The van der Waals surface area contributed by atoms with Crippen LogP contribution in [0.5, 0.6) is 5.75 Å². The lowest BCUT2D eigenvalue weighted by Crippen LogP contribution is -2.27. The molecule has 0 saturated heterocycles. The molecule has 28 heavy (non-hydrogen) atoms. The first-order chi connectivity index (χ1) is 13.5. The number of hydrogen-bond acceptors (Lipinski definition) is 4. The lowest BCUT2D eigenvalue weighted by molar-refractivity contribution is 0.402. The van der Waals surface area contributed by atoms with Gasteiger partial charge in [0.05, 0.1) is 12.0 Å².